The minimum Gasteiger partial charge on any atom is -0.326 e. The SMILES string of the molecule is CC(C)(C)NS(=O)(=O)c1cc(NC(=O)CC2CC3CCC(C2)N3)ccc1F.Cl. The molecule has 9 heteroatoms. The molecule has 2 aliphatic rings. The first-order valence-electron chi connectivity index (χ1n) is 9.41. The molecule has 2 aliphatic heterocycles. The molecule has 2 bridgehead atoms. The summed E-state index contributed by atoms with van der Waals surface area (Å²) in [7, 11) is -4.03. The molecule has 28 heavy (non-hydrogen) atoms. The Morgan fingerprint density at radius 2 is 1.82 bits per heavy atom. The number of anilines is 1. The standard InChI is InChI=1S/C19H28FN3O3S.ClH/c1-19(2,3)23-27(25,26)17-11-15(6-7-16(17)20)22-18(24)10-12-8-13-4-5-14(9-12)21-13;/h6-7,11-14,21,23H,4-5,8-10H2,1-3H3,(H,22,24);1H. The summed E-state index contributed by atoms with van der Waals surface area (Å²) in [5.41, 5.74) is -0.452. The molecule has 1 amide bonds. The highest BCUT2D eigenvalue weighted by molar-refractivity contribution is 7.89. The van der Waals surface area contributed by atoms with Crippen LogP contribution in [0.3, 0.4) is 0 Å². The second-order valence-electron chi connectivity index (χ2n) is 8.73. The summed E-state index contributed by atoms with van der Waals surface area (Å²) >= 11 is 0. The fourth-order valence-electron chi connectivity index (χ4n) is 4.06. The number of rotatable bonds is 5. The van der Waals surface area contributed by atoms with E-state index in [0.29, 0.717) is 24.4 Å². The maximum Gasteiger partial charge on any atom is 0.244 e. The first-order valence-corrected chi connectivity index (χ1v) is 10.9. The largest absolute Gasteiger partial charge is 0.326 e. The Hall–Kier alpha value is -1.22. The summed E-state index contributed by atoms with van der Waals surface area (Å²) in [6, 6.07) is 4.64. The van der Waals surface area contributed by atoms with Crippen LogP contribution in [0.15, 0.2) is 23.1 Å². The topological polar surface area (TPSA) is 87.3 Å². The highest BCUT2D eigenvalue weighted by Gasteiger charge is 2.34. The van der Waals surface area contributed by atoms with Crippen molar-refractivity contribution in [3.05, 3.63) is 24.0 Å². The fraction of sp³-hybridized carbons (Fsp3) is 0.632. The van der Waals surface area contributed by atoms with E-state index in [2.05, 4.69) is 15.4 Å². The summed E-state index contributed by atoms with van der Waals surface area (Å²) in [5.74, 6) is -0.685. The maximum atomic E-state index is 14.1. The van der Waals surface area contributed by atoms with Crippen LogP contribution in [-0.2, 0) is 14.8 Å². The molecule has 3 rings (SSSR count). The van der Waals surface area contributed by atoms with Crippen molar-refractivity contribution in [2.24, 2.45) is 5.92 Å². The number of nitrogens with one attached hydrogen (secondary N) is 3. The lowest BCUT2D eigenvalue weighted by molar-refractivity contribution is -0.117. The molecule has 0 spiro atoms. The molecule has 0 aromatic heterocycles. The molecule has 6 nitrogen and oxygen atoms in total. The molecule has 2 saturated heterocycles. The number of benzene rings is 1. The highest BCUT2D eigenvalue weighted by atomic mass is 35.5. The van der Waals surface area contributed by atoms with Gasteiger partial charge < -0.3 is 10.6 Å². The molecule has 2 heterocycles. The van der Waals surface area contributed by atoms with Crippen LogP contribution in [0, 0.1) is 11.7 Å². The third kappa shape index (κ3) is 5.89. The van der Waals surface area contributed by atoms with Crippen molar-refractivity contribution in [2.45, 2.75) is 75.4 Å². The van der Waals surface area contributed by atoms with Crippen LogP contribution in [0.5, 0.6) is 0 Å². The number of hydrogen-bond donors (Lipinski definition) is 3. The molecule has 1 aromatic carbocycles. The van der Waals surface area contributed by atoms with E-state index >= 15 is 0 Å². The molecule has 0 saturated carbocycles. The van der Waals surface area contributed by atoms with Gasteiger partial charge in [-0.25, -0.2) is 17.5 Å². The van der Waals surface area contributed by atoms with E-state index in [1.165, 1.54) is 25.0 Å². The maximum absolute atomic E-state index is 14.1. The van der Waals surface area contributed by atoms with Gasteiger partial charge in [-0.3, -0.25) is 4.79 Å². The molecular weight excluding hydrogens is 405 g/mol. The van der Waals surface area contributed by atoms with Crippen molar-refractivity contribution in [1.82, 2.24) is 10.0 Å². The minimum atomic E-state index is -4.03. The average Bonchev–Trinajstić information content (AvgIpc) is 2.85. The van der Waals surface area contributed by atoms with E-state index in [9.17, 15) is 17.6 Å². The molecule has 2 atom stereocenters. The Morgan fingerprint density at radius 1 is 1.21 bits per heavy atom. The molecule has 0 radical (unpaired) electrons. The quantitative estimate of drug-likeness (QED) is 0.665. The number of sulfonamides is 1. The van der Waals surface area contributed by atoms with Crippen LogP contribution in [-0.4, -0.2) is 31.9 Å². The summed E-state index contributed by atoms with van der Waals surface area (Å²) in [4.78, 5) is 11.9. The summed E-state index contributed by atoms with van der Waals surface area (Å²) < 4.78 is 41.4. The molecular formula is C19H29ClFN3O3S. The van der Waals surface area contributed by atoms with Crippen LogP contribution in [0.25, 0.3) is 0 Å². The smallest absolute Gasteiger partial charge is 0.244 e. The van der Waals surface area contributed by atoms with Gasteiger partial charge in [-0.05, 0) is 70.6 Å². The van der Waals surface area contributed by atoms with Crippen LogP contribution in [0.1, 0.15) is 52.9 Å². The van der Waals surface area contributed by atoms with Crippen molar-refractivity contribution in [3.8, 4) is 0 Å². The lowest BCUT2D eigenvalue weighted by Crippen LogP contribution is -2.40. The zero-order valence-electron chi connectivity index (χ0n) is 16.4. The van der Waals surface area contributed by atoms with Gasteiger partial charge in [0.05, 0.1) is 0 Å². The Bertz CT molecular complexity index is 814. The minimum absolute atomic E-state index is 0. The summed E-state index contributed by atoms with van der Waals surface area (Å²) in [6.45, 7) is 5.04. The van der Waals surface area contributed by atoms with Gasteiger partial charge in [-0.15, -0.1) is 12.4 Å². The van der Waals surface area contributed by atoms with Gasteiger partial charge >= 0.3 is 0 Å². The van der Waals surface area contributed by atoms with E-state index in [1.54, 1.807) is 20.8 Å². The van der Waals surface area contributed by atoms with Gasteiger partial charge in [-0.2, -0.15) is 0 Å². The fourth-order valence-corrected chi connectivity index (χ4v) is 5.58. The van der Waals surface area contributed by atoms with Crippen molar-refractivity contribution in [1.29, 1.82) is 0 Å². The third-order valence-electron chi connectivity index (χ3n) is 4.99. The van der Waals surface area contributed by atoms with Crippen LogP contribution in [0.4, 0.5) is 10.1 Å². The average molecular weight is 434 g/mol. The van der Waals surface area contributed by atoms with Crippen molar-refractivity contribution < 1.29 is 17.6 Å². The molecule has 3 N–H and O–H groups in total. The lowest BCUT2D eigenvalue weighted by atomic mass is 9.89. The predicted molar refractivity (Wildman–Crippen MR) is 110 cm³/mol. The van der Waals surface area contributed by atoms with Gasteiger partial charge in [0.15, 0.2) is 0 Å². The molecule has 2 unspecified atom stereocenters. The van der Waals surface area contributed by atoms with Gasteiger partial charge in [-0.1, -0.05) is 0 Å². The van der Waals surface area contributed by atoms with Crippen molar-refractivity contribution in [2.75, 3.05) is 5.32 Å². The molecule has 158 valence electrons. The molecule has 0 aliphatic carbocycles. The Labute approximate surface area is 172 Å². The zero-order chi connectivity index (χ0) is 19.8. The van der Waals surface area contributed by atoms with Crippen LogP contribution in [0.2, 0.25) is 0 Å². The summed E-state index contributed by atoms with van der Waals surface area (Å²) in [5, 5.41) is 6.27. The van der Waals surface area contributed by atoms with Crippen LogP contribution >= 0.6 is 12.4 Å². The van der Waals surface area contributed by atoms with Gasteiger partial charge in [0.2, 0.25) is 15.9 Å². The number of halogens is 2. The molecule has 2 fully saturated rings. The van der Waals surface area contributed by atoms with Gasteiger partial charge in [0, 0.05) is 29.7 Å². The van der Waals surface area contributed by atoms with E-state index in [-0.39, 0.29) is 24.0 Å². The zero-order valence-corrected chi connectivity index (χ0v) is 18.1. The number of fused-ring (bicyclic) bond motifs is 2. The monoisotopic (exact) mass is 433 g/mol. The van der Waals surface area contributed by atoms with Gasteiger partial charge in [0.25, 0.3) is 0 Å². The number of carbonyl (C=O) groups excluding carboxylic acids is 1. The number of piperidine rings is 1. The third-order valence-corrected chi connectivity index (χ3v) is 6.76. The van der Waals surface area contributed by atoms with Crippen molar-refractivity contribution >= 4 is 34.0 Å². The van der Waals surface area contributed by atoms with Crippen molar-refractivity contribution in [3.63, 3.8) is 0 Å². The predicted octanol–water partition coefficient (Wildman–Crippen LogP) is 3.18. The number of amides is 1. The first-order chi connectivity index (χ1) is 12.5. The first kappa shape index (κ1) is 23.1. The Balaban J connectivity index is 0.00000280. The normalized spacial score (nSPS) is 24.5. The van der Waals surface area contributed by atoms with E-state index in [4.69, 9.17) is 0 Å². The summed E-state index contributed by atoms with van der Waals surface area (Å²) in [6.07, 6.45) is 4.71. The highest BCUT2D eigenvalue weighted by Crippen LogP contribution is 2.33. The number of hydrogen-bond acceptors (Lipinski definition) is 4. The van der Waals surface area contributed by atoms with E-state index in [0.717, 1.165) is 18.9 Å². The lowest BCUT2D eigenvalue weighted by Gasteiger charge is -2.28. The van der Waals surface area contributed by atoms with Crippen LogP contribution < -0.4 is 15.4 Å². The van der Waals surface area contributed by atoms with Gasteiger partial charge in [0.1, 0.15) is 10.7 Å². The molecule has 1 aromatic rings. The Morgan fingerprint density at radius 3 is 2.39 bits per heavy atom. The second kappa shape index (κ2) is 8.65. The number of carbonyl (C=O) groups is 1. The second-order valence-corrected chi connectivity index (χ2v) is 10.4. The van der Waals surface area contributed by atoms with E-state index < -0.39 is 26.3 Å². The van der Waals surface area contributed by atoms with E-state index in [1.807, 2.05) is 0 Å². The Kier molecular flexibility index (Phi) is 7.12.